The van der Waals surface area contributed by atoms with Crippen LogP contribution >= 0.6 is 11.3 Å². The van der Waals surface area contributed by atoms with Gasteiger partial charge in [0, 0.05) is 30.9 Å². The molecule has 1 aromatic heterocycles. The zero-order chi connectivity index (χ0) is 10.7. The fourth-order valence-corrected chi connectivity index (χ4v) is 2.05. The third kappa shape index (κ3) is 2.45. The minimum atomic E-state index is 0.362. The number of hydrogen-bond donors (Lipinski definition) is 1. The summed E-state index contributed by atoms with van der Waals surface area (Å²) in [5.74, 6) is 0.362. The van der Waals surface area contributed by atoms with E-state index in [1.807, 2.05) is 0 Å². The molecule has 0 aliphatic rings. The van der Waals surface area contributed by atoms with Crippen LogP contribution in [0.1, 0.15) is 32.4 Å². The van der Waals surface area contributed by atoms with E-state index in [2.05, 4.69) is 43.1 Å². The maximum absolute atomic E-state index is 5.60. The number of nitrogens with zero attached hydrogens (tertiary/aromatic N) is 2. The van der Waals surface area contributed by atoms with Crippen LogP contribution in [0.2, 0.25) is 0 Å². The summed E-state index contributed by atoms with van der Waals surface area (Å²) in [6.45, 7) is 7.09. The van der Waals surface area contributed by atoms with E-state index in [1.165, 1.54) is 0 Å². The predicted molar refractivity (Wildman–Crippen MR) is 63.1 cm³/mol. The van der Waals surface area contributed by atoms with E-state index in [-0.39, 0.29) is 0 Å². The molecule has 0 aromatic carbocycles. The molecule has 1 atom stereocenters. The Morgan fingerprint density at radius 1 is 1.50 bits per heavy atom. The van der Waals surface area contributed by atoms with Gasteiger partial charge in [0.15, 0.2) is 5.13 Å². The molecule has 1 unspecified atom stereocenters. The Balaban J connectivity index is 2.77. The highest BCUT2D eigenvalue weighted by molar-refractivity contribution is 7.13. The van der Waals surface area contributed by atoms with Crippen LogP contribution in [0.25, 0.3) is 0 Å². The van der Waals surface area contributed by atoms with Crippen LogP contribution in [-0.2, 0) is 0 Å². The molecule has 4 heteroatoms. The van der Waals surface area contributed by atoms with Gasteiger partial charge < -0.3 is 10.6 Å². The lowest BCUT2D eigenvalue weighted by Gasteiger charge is -2.20. The lowest BCUT2D eigenvalue weighted by atomic mass is 10.1. The molecule has 0 aliphatic carbocycles. The van der Waals surface area contributed by atoms with Crippen molar-refractivity contribution in [2.45, 2.75) is 32.7 Å². The molecule has 14 heavy (non-hydrogen) atoms. The van der Waals surface area contributed by atoms with Gasteiger partial charge >= 0.3 is 0 Å². The van der Waals surface area contributed by atoms with Gasteiger partial charge in [-0.25, -0.2) is 4.98 Å². The second kappa shape index (κ2) is 4.75. The Morgan fingerprint density at radius 3 is 2.64 bits per heavy atom. The third-order valence-electron chi connectivity index (χ3n) is 2.44. The van der Waals surface area contributed by atoms with Gasteiger partial charge in [0.25, 0.3) is 0 Å². The van der Waals surface area contributed by atoms with Gasteiger partial charge in [-0.1, -0.05) is 6.92 Å². The van der Waals surface area contributed by atoms with E-state index < -0.39 is 0 Å². The molecule has 3 nitrogen and oxygen atoms in total. The van der Waals surface area contributed by atoms with E-state index in [0.717, 1.165) is 10.8 Å². The summed E-state index contributed by atoms with van der Waals surface area (Å²) in [6.07, 6.45) is 0. The largest absolute Gasteiger partial charge is 0.349 e. The minimum Gasteiger partial charge on any atom is -0.349 e. The van der Waals surface area contributed by atoms with Gasteiger partial charge in [-0.15, -0.1) is 11.3 Å². The summed E-state index contributed by atoms with van der Waals surface area (Å²) in [6, 6.07) is 0.488. The summed E-state index contributed by atoms with van der Waals surface area (Å²) in [7, 11) is 2.07. The first-order valence-corrected chi connectivity index (χ1v) is 5.82. The van der Waals surface area contributed by atoms with Gasteiger partial charge in [0.1, 0.15) is 0 Å². The number of anilines is 1. The molecule has 0 bridgehead atoms. The summed E-state index contributed by atoms with van der Waals surface area (Å²) >= 11 is 1.69. The lowest BCUT2D eigenvalue weighted by molar-refractivity contribution is 0.728. The fourth-order valence-electron chi connectivity index (χ4n) is 1.01. The van der Waals surface area contributed by atoms with Crippen molar-refractivity contribution in [2.75, 3.05) is 18.5 Å². The second-order valence-corrected chi connectivity index (χ2v) is 4.73. The van der Waals surface area contributed by atoms with E-state index in [1.54, 1.807) is 11.3 Å². The highest BCUT2D eigenvalue weighted by Crippen LogP contribution is 2.24. The van der Waals surface area contributed by atoms with Crippen LogP contribution in [-0.4, -0.2) is 24.6 Å². The van der Waals surface area contributed by atoms with Crippen LogP contribution in [0.3, 0.4) is 0 Å². The highest BCUT2D eigenvalue weighted by atomic mass is 32.1. The molecule has 0 amide bonds. The molecule has 2 N–H and O–H groups in total. The van der Waals surface area contributed by atoms with E-state index in [4.69, 9.17) is 5.73 Å². The zero-order valence-electron chi connectivity index (χ0n) is 9.32. The van der Waals surface area contributed by atoms with Crippen LogP contribution < -0.4 is 10.6 Å². The zero-order valence-corrected chi connectivity index (χ0v) is 10.1. The van der Waals surface area contributed by atoms with E-state index in [0.29, 0.717) is 18.5 Å². The first kappa shape index (κ1) is 11.5. The predicted octanol–water partition coefficient (Wildman–Crippen LogP) is 2.05. The second-order valence-electron chi connectivity index (χ2n) is 3.90. The summed E-state index contributed by atoms with van der Waals surface area (Å²) in [5.41, 5.74) is 6.71. The quantitative estimate of drug-likeness (QED) is 0.832. The molecule has 1 rings (SSSR count). The molecule has 0 spiro atoms. The normalized spacial score (nSPS) is 13.3. The molecule has 0 fully saturated rings. The molecule has 0 saturated carbocycles. The molecule has 80 valence electrons. The van der Waals surface area contributed by atoms with Gasteiger partial charge in [-0.05, 0) is 13.8 Å². The first-order valence-electron chi connectivity index (χ1n) is 4.94. The van der Waals surface area contributed by atoms with Crippen LogP contribution in [0.5, 0.6) is 0 Å². The van der Waals surface area contributed by atoms with Crippen molar-refractivity contribution in [1.82, 2.24) is 4.98 Å². The maximum Gasteiger partial charge on any atom is 0.185 e. The van der Waals surface area contributed by atoms with Gasteiger partial charge in [-0.3, -0.25) is 0 Å². The number of rotatable bonds is 4. The van der Waals surface area contributed by atoms with Crippen molar-refractivity contribution in [2.24, 2.45) is 5.73 Å². The van der Waals surface area contributed by atoms with Crippen LogP contribution in [0, 0.1) is 0 Å². The Hall–Kier alpha value is -0.610. The Bertz CT molecular complexity index is 283. The average Bonchev–Trinajstić information content (AvgIpc) is 2.64. The monoisotopic (exact) mass is 213 g/mol. The fraction of sp³-hybridized carbons (Fsp3) is 0.700. The summed E-state index contributed by atoms with van der Waals surface area (Å²) < 4.78 is 0. The third-order valence-corrected chi connectivity index (χ3v) is 3.39. The Labute approximate surface area is 89.9 Å². The van der Waals surface area contributed by atoms with Crippen molar-refractivity contribution < 1.29 is 0 Å². The van der Waals surface area contributed by atoms with E-state index in [9.17, 15) is 0 Å². The standard InChI is InChI=1S/C10H19N3S/c1-7(2)13(4)10-12-9(6-14-10)8(3)5-11/h6-8H,5,11H2,1-4H3. The van der Waals surface area contributed by atoms with E-state index >= 15 is 0 Å². The molecular weight excluding hydrogens is 194 g/mol. The van der Waals surface area contributed by atoms with Crippen molar-refractivity contribution in [3.63, 3.8) is 0 Å². The lowest BCUT2D eigenvalue weighted by Crippen LogP contribution is -2.25. The molecule has 0 radical (unpaired) electrons. The highest BCUT2D eigenvalue weighted by Gasteiger charge is 2.12. The minimum absolute atomic E-state index is 0.362. The Morgan fingerprint density at radius 2 is 2.14 bits per heavy atom. The molecular formula is C10H19N3S. The van der Waals surface area contributed by atoms with Crippen LogP contribution in [0.4, 0.5) is 5.13 Å². The topological polar surface area (TPSA) is 42.1 Å². The molecule has 1 aromatic rings. The van der Waals surface area contributed by atoms with Crippen molar-refractivity contribution in [1.29, 1.82) is 0 Å². The number of aromatic nitrogens is 1. The van der Waals surface area contributed by atoms with Crippen molar-refractivity contribution in [3.8, 4) is 0 Å². The Kier molecular flexibility index (Phi) is 3.89. The SMILES string of the molecule is CC(CN)c1csc(N(C)C(C)C)n1. The maximum atomic E-state index is 5.60. The van der Waals surface area contributed by atoms with Gasteiger partial charge in [0.2, 0.25) is 0 Å². The summed E-state index contributed by atoms with van der Waals surface area (Å²) in [5, 5.41) is 3.18. The smallest absolute Gasteiger partial charge is 0.185 e. The number of hydrogen-bond acceptors (Lipinski definition) is 4. The first-order chi connectivity index (χ1) is 6.56. The van der Waals surface area contributed by atoms with Gasteiger partial charge in [-0.2, -0.15) is 0 Å². The average molecular weight is 213 g/mol. The number of nitrogens with two attached hydrogens (primary N) is 1. The molecule has 1 heterocycles. The molecule has 0 saturated heterocycles. The van der Waals surface area contributed by atoms with Crippen LogP contribution in [0.15, 0.2) is 5.38 Å². The van der Waals surface area contributed by atoms with Gasteiger partial charge in [0.05, 0.1) is 5.69 Å². The molecule has 0 aliphatic heterocycles. The number of thiazole rings is 1. The summed E-state index contributed by atoms with van der Waals surface area (Å²) in [4.78, 5) is 6.74. The van der Waals surface area contributed by atoms with Crippen molar-refractivity contribution in [3.05, 3.63) is 11.1 Å². The van der Waals surface area contributed by atoms with Crippen molar-refractivity contribution >= 4 is 16.5 Å².